The summed E-state index contributed by atoms with van der Waals surface area (Å²) < 4.78 is 13.9. The monoisotopic (exact) mass is 463 g/mol. The Labute approximate surface area is 203 Å². The number of nitrogens with one attached hydrogen (secondary N) is 1. The summed E-state index contributed by atoms with van der Waals surface area (Å²) in [6, 6.07) is 14.2. The number of methoxy groups -OCH3 is 1. The highest BCUT2D eigenvalue weighted by atomic mass is 16.5. The van der Waals surface area contributed by atoms with Gasteiger partial charge in [0.05, 0.1) is 24.7 Å². The van der Waals surface area contributed by atoms with Crippen LogP contribution in [0.25, 0.3) is 11.0 Å². The maximum atomic E-state index is 11.6. The van der Waals surface area contributed by atoms with E-state index in [4.69, 9.17) is 14.5 Å². The molecule has 0 atom stereocenters. The first-order valence-corrected chi connectivity index (χ1v) is 12.3. The van der Waals surface area contributed by atoms with E-state index in [-0.39, 0.29) is 5.91 Å². The number of hydrogen-bond donors (Lipinski definition) is 1. The molecule has 34 heavy (non-hydrogen) atoms. The van der Waals surface area contributed by atoms with Crippen molar-refractivity contribution in [1.29, 1.82) is 0 Å². The van der Waals surface area contributed by atoms with Crippen LogP contribution in [0.5, 0.6) is 11.5 Å². The third-order valence-electron chi connectivity index (χ3n) is 5.79. The molecule has 3 aromatic rings. The lowest BCUT2D eigenvalue weighted by Crippen LogP contribution is -2.23. The lowest BCUT2D eigenvalue weighted by atomic mass is 10.1. The Morgan fingerprint density at radius 3 is 2.79 bits per heavy atom. The fraction of sp³-hybridized carbons (Fsp3) is 0.429. The lowest BCUT2D eigenvalue weighted by molar-refractivity contribution is -0.121. The van der Waals surface area contributed by atoms with E-state index < -0.39 is 0 Å². The molecule has 2 aromatic carbocycles. The summed E-state index contributed by atoms with van der Waals surface area (Å²) in [7, 11) is 1.66. The van der Waals surface area contributed by atoms with Crippen molar-refractivity contribution in [2.24, 2.45) is 0 Å². The highest BCUT2D eigenvalue weighted by molar-refractivity contribution is 5.76. The molecule has 0 radical (unpaired) electrons. The fourth-order valence-corrected chi connectivity index (χ4v) is 4.07. The Balaban J connectivity index is 1.57. The number of carbonyl (C=O) groups excluding carboxylic acids is 1. The molecule has 6 nitrogen and oxygen atoms in total. The molecule has 0 fully saturated rings. The van der Waals surface area contributed by atoms with Gasteiger partial charge in [-0.2, -0.15) is 0 Å². The molecule has 0 aliphatic carbocycles. The molecular weight excluding hydrogens is 426 g/mol. The van der Waals surface area contributed by atoms with Crippen molar-refractivity contribution in [2.75, 3.05) is 20.3 Å². The van der Waals surface area contributed by atoms with Gasteiger partial charge in [0.1, 0.15) is 12.4 Å². The summed E-state index contributed by atoms with van der Waals surface area (Å²) in [4.78, 5) is 16.5. The lowest BCUT2D eigenvalue weighted by Gasteiger charge is -2.14. The van der Waals surface area contributed by atoms with Crippen LogP contribution < -0.4 is 14.8 Å². The number of hydrogen-bond acceptors (Lipinski definition) is 4. The van der Waals surface area contributed by atoms with Crippen LogP contribution in [-0.4, -0.2) is 35.7 Å². The minimum atomic E-state index is 0.149. The maximum Gasteiger partial charge on any atom is 0.219 e. The number of nitrogens with zero attached hydrogens (tertiary/aromatic N) is 2. The van der Waals surface area contributed by atoms with Gasteiger partial charge in [-0.3, -0.25) is 4.79 Å². The molecule has 0 aliphatic rings. The van der Waals surface area contributed by atoms with Gasteiger partial charge in [0.2, 0.25) is 5.91 Å². The van der Waals surface area contributed by atoms with Crippen LogP contribution in [0.1, 0.15) is 50.4 Å². The highest BCUT2D eigenvalue weighted by Crippen LogP contribution is 2.28. The van der Waals surface area contributed by atoms with Gasteiger partial charge in [-0.25, -0.2) is 4.98 Å². The van der Waals surface area contributed by atoms with Crippen molar-refractivity contribution in [3.05, 3.63) is 66.5 Å². The number of amides is 1. The quantitative estimate of drug-likeness (QED) is 0.239. The smallest absolute Gasteiger partial charge is 0.219 e. The zero-order valence-electron chi connectivity index (χ0n) is 20.5. The van der Waals surface area contributed by atoms with Gasteiger partial charge in [-0.05, 0) is 55.5 Å². The van der Waals surface area contributed by atoms with E-state index in [1.54, 1.807) is 7.11 Å². The van der Waals surface area contributed by atoms with E-state index in [1.807, 2.05) is 43.3 Å². The SMILES string of the molecule is C=CCc1ccc(OCCn2c(CCCCCNC(=O)CCC)nc3ccccc32)c(OC)c1. The summed E-state index contributed by atoms with van der Waals surface area (Å²) in [6.07, 6.45) is 8.15. The second kappa shape index (κ2) is 13.4. The van der Waals surface area contributed by atoms with Crippen LogP contribution in [0.3, 0.4) is 0 Å². The average Bonchev–Trinajstić information content (AvgIpc) is 3.19. The van der Waals surface area contributed by atoms with Crippen LogP contribution in [0, 0.1) is 0 Å². The number of ether oxygens (including phenoxy) is 2. The van der Waals surface area contributed by atoms with Crippen LogP contribution in [-0.2, 0) is 24.2 Å². The molecule has 182 valence electrons. The molecule has 0 saturated heterocycles. The molecule has 0 unspecified atom stereocenters. The summed E-state index contributed by atoms with van der Waals surface area (Å²) in [6.45, 7) is 7.80. The molecule has 0 aliphatic heterocycles. The minimum absolute atomic E-state index is 0.149. The molecular formula is C28H37N3O3. The Bertz CT molecular complexity index is 1070. The number of imidazole rings is 1. The molecule has 1 N–H and O–H groups in total. The second-order valence-corrected chi connectivity index (χ2v) is 8.41. The minimum Gasteiger partial charge on any atom is -0.493 e. The summed E-state index contributed by atoms with van der Waals surface area (Å²) in [5.41, 5.74) is 3.28. The van der Waals surface area contributed by atoms with Gasteiger partial charge in [0.15, 0.2) is 11.5 Å². The Morgan fingerprint density at radius 2 is 2.00 bits per heavy atom. The van der Waals surface area contributed by atoms with E-state index in [0.29, 0.717) is 19.6 Å². The number of benzene rings is 2. The normalized spacial score (nSPS) is 10.9. The van der Waals surface area contributed by atoms with E-state index in [2.05, 4.69) is 28.6 Å². The molecule has 1 heterocycles. The predicted octanol–water partition coefficient (Wildman–Crippen LogP) is 5.48. The summed E-state index contributed by atoms with van der Waals surface area (Å²) in [5, 5.41) is 2.99. The number of fused-ring (bicyclic) bond motifs is 1. The topological polar surface area (TPSA) is 65.4 Å². The van der Waals surface area contributed by atoms with Crippen LogP contribution >= 0.6 is 0 Å². The predicted molar refractivity (Wildman–Crippen MR) is 138 cm³/mol. The molecule has 0 saturated carbocycles. The van der Waals surface area contributed by atoms with Gasteiger partial charge in [-0.1, -0.05) is 37.6 Å². The molecule has 0 spiro atoms. The number of para-hydroxylation sites is 2. The van der Waals surface area contributed by atoms with Gasteiger partial charge < -0.3 is 19.4 Å². The van der Waals surface area contributed by atoms with Crippen LogP contribution in [0.4, 0.5) is 0 Å². The zero-order valence-corrected chi connectivity index (χ0v) is 20.5. The Hall–Kier alpha value is -3.28. The first kappa shape index (κ1) is 25.3. The number of unbranched alkanes of at least 4 members (excludes halogenated alkanes) is 2. The fourth-order valence-electron chi connectivity index (χ4n) is 4.07. The number of aromatic nitrogens is 2. The average molecular weight is 464 g/mol. The third kappa shape index (κ3) is 7.11. The van der Waals surface area contributed by atoms with Gasteiger partial charge in [-0.15, -0.1) is 6.58 Å². The Morgan fingerprint density at radius 1 is 1.15 bits per heavy atom. The van der Waals surface area contributed by atoms with Crippen molar-refractivity contribution in [3.63, 3.8) is 0 Å². The van der Waals surface area contributed by atoms with E-state index >= 15 is 0 Å². The van der Waals surface area contributed by atoms with Crippen molar-refractivity contribution in [2.45, 2.75) is 58.4 Å². The third-order valence-corrected chi connectivity index (χ3v) is 5.79. The van der Waals surface area contributed by atoms with Gasteiger partial charge in [0, 0.05) is 19.4 Å². The van der Waals surface area contributed by atoms with Gasteiger partial charge >= 0.3 is 0 Å². The molecule has 1 amide bonds. The largest absolute Gasteiger partial charge is 0.493 e. The number of allylic oxidation sites excluding steroid dienone is 1. The summed E-state index contributed by atoms with van der Waals surface area (Å²) >= 11 is 0. The first-order valence-electron chi connectivity index (χ1n) is 12.3. The van der Waals surface area contributed by atoms with E-state index in [9.17, 15) is 4.79 Å². The molecule has 0 bridgehead atoms. The standard InChI is InChI=1S/C28H37N3O3/c1-4-11-22-16-17-25(26(21-22)33-3)34-20-19-31-24-14-9-8-13-23(24)30-27(31)15-7-6-10-18-29-28(32)12-5-2/h4,8-9,13-14,16-17,21H,1,5-7,10-12,15,18-20H2,2-3H3,(H,29,32). The second-order valence-electron chi connectivity index (χ2n) is 8.41. The molecule has 6 heteroatoms. The van der Waals surface area contributed by atoms with Crippen molar-refractivity contribution < 1.29 is 14.3 Å². The Kier molecular flexibility index (Phi) is 10.0. The van der Waals surface area contributed by atoms with Gasteiger partial charge in [0.25, 0.3) is 0 Å². The number of aryl methyl sites for hydroxylation is 1. The zero-order chi connectivity index (χ0) is 24.2. The van der Waals surface area contributed by atoms with Crippen LogP contribution in [0.2, 0.25) is 0 Å². The highest BCUT2D eigenvalue weighted by Gasteiger charge is 2.11. The summed E-state index contributed by atoms with van der Waals surface area (Å²) in [5.74, 6) is 2.71. The first-order chi connectivity index (χ1) is 16.7. The van der Waals surface area contributed by atoms with Crippen molar-refractivity contribution in [1.82, 2.24) is 14.9 Å². The molecule has 3 rings (SSSR count). The van der Waals surface area contributed by atoms with E-state index in [1.165, 1.54) is 0 Å². The maximum absolute atomic E-state index is 11.6. The number of rotatable bonds is 15. The van der Waals surface area contributed by atoms with Crippen molar-refractivity contribution in [3.8, 4) is 11.5 Å². The number of carbonyl (C=O) groups is 1. The van der Waals surface area contributed by atoms with Crippen LogP contribution in [0.15, 0.2) is 55.1 Å². The molecule has 1 aromatic heterocycles. The van der Waals surface area contributed by atoms with Crippen molar-refractivity contribution >= 4 is 16.9 Å². The van der Waals surface area contributed by atoms with E-state index in [0.717, 1.165) is 79.0 Å².